The Kier molecular flexibility index (Phi) is 4.16. The summed E-state index contributed by atoms with van der Waals surface area (Å²) in [6, 6.07) is 11.2. The summed E-state index contributed by atoms with van der Waals surface area (Å²) in [7, 11) is 0. The van der Waals surface area contributed by atoms with Crippen molar-refractivity contribution in [1.29, 1.82) is 0 Å². The fourth-order valence-corrected chi connectivity index (χ4v) is 2.02. The van der Waals surface area contributed by atoms with Crippen LogP contribution in [0.4, 0.5) is 15.8 Å². The van der Waals surface area contributed by atoms with Gasteiger partial charge >= 0.3 is 0 Å². The average molecular weight is 323 g/mol. The van der Waals surface area contributed by atoms with Gasteiger partial charge in [0.1, 0.15) is 5.82 Å². The molecule has 2 aromatic rings. The molecule has 0 radical (unpaired) electrons. The van der Waals surface area contributed by atoms with Crippen LogP contribution in [0.25, 0.3) is 0 Å². The number of nitrogens with one attached hydrogen (secondary N) is 1. The number of carbonyl (C=O) groups excluding carboxylic acids is 1. The molecule has 3 N–H and O–H groups in total. The summed E-state index contributed by atoms with van der Waals surface area (Å²) in [4.78, 5) is 11.9. The van der Waals surface area contributed by atoms with Gasteiger partial charge in [-0.1, -0.05) is 12.1 Å². The molecule has 5 heteroatoms. The molecule has 0 aliphatic carbocycles. The maximum atomic E-state index is 13.1. The molecule has 2 aromatic carbocycles. The number of halogens is 2. The predicted octanol–water partition coefficient (Wildman–Crippen LogP) is 3.35. The lowest BCUT2D eigenvalue weighted by Gasteiger charge is -2.08. The zero-order chi connectivity index (χ0) is 13.8. The Labute approximate surface area is 118 Å². The Bertz CT molecular complexity index is 616. The third-order valence-corrected chi connectivity index (χ3v) is 3.21. The molecule has 0 aliphatic rings. The van der Waals surface area contributed by atoms with Crippen LogP contribution in [-0.4, -0.2) is 5.91 Å². The monoisotopic (exact) mass is 322 g/mol. The van der Waals surface area contributed by atoms with Gasteiger partial charge in [0.05, 0.1) is 12.1 Å². The second kappa shape index (κ2) is 5.84. The number of nitrogens with two attached hydrogens (primary N) is 1. The van der Waals surface area contributed by atoms with Crippen molar-refractivity contribution < 1.29 is 9.18 Å². The Balaban J connectivity index is 2.07. The molecule has 0 bridgehead atoms. The summed E-state index contributed by atoms with van der Waals surface area (Å²) in [5.74, 6) is -0.626. The zero-order valence-corrected chi connectivity index (χ0v) is 11.6. The number of benzene rings is 2. The molecule has 0 saturated carbocycles. The van der Waals surface area contributed by atoms with Crippen molar-refractivity contribution in [3.05, 3.63) is 58.3 Å². The number of amides is 1. The van der Waals surface area contributed by atoms with E-state index in [1.807, 2.05) is 6.07 Å². The van der Waals surface area contributed by atoms with E-state index in [-0.39, 0.29) is 12.3 Å². The molecule has 0 heterocycles. The van der Waals surface area contributed by atoms with Crippen LogP contribution in [0.1, 0.15) is 5.56 Å². The maximum absolute atomic E-state index is 13.1. The maximum Gasteiger partial charge on any atom is 0.228 e. The van der Waals surface area contributed by atoms with Gasteiger partial charge in [-0.15, -0.1) is 0 Å². The zero-order valence-electron chi connectivity index (χ0n) is 9.99. The second-order valence-corrected chi connectivity index (χ2v) is 4.95. The summed E-state index contributed by atoms with van der Waals surface area (Å²) in [5.41, 5.74) is 7.47. The van der Waals surface area contributed by atoms with Gasteiger partial charge in [0, 0.05) is 10.2 Å². The smallest absolute Gasteiger partial charge is 0.228 e. The fourth-order valence-electron chi connectivity index (χ4n) is 1.68. The van der Waals surface area contributed by atoms with Crippen molar-refractivity contribution in [2.24, 2.45) is 0 Å². The molecule has 0 unspecified atom stereocenters. The minimum atomic E-state index is -0.401. The van der Waals surface area contributed by atoms with Crippen LogP contribution in [-0.2, 0) is 11.2 Å². The minimum absolute atomic E-state index is 0.188. The van der Waals surface area contributed by atoms with Crippen LogP contribution in [0.15, 0.2) is 46.9 Å². The van der Waals surface area contributed by atoms with Crippen molar-refractivity contribution in [3.63, 3.8) is 0 Å². The first kappa shape index (κ1) is 13.5. The highest BCUT2D eigenvalue weighted by atomic mass is 79.9. The highest BCUT2D eigenvalue weighted by Crippen LogP contribution is 2.23. The van der Waals surface area contributed by atoms with Gasteiger partial charge in [0.2, 0.25) is 5.91 Å². The first-order valence-corrected chi connectivity index (χ1v) is 6.43. The first-order valence-electron chi connectivity index (χ1n) is 5.64. The van der Waals surface area contributed by atoms with Gasteiger partial charge in [-0.2, -0.15) is 0 Å². The van der Waals surface area contributed by atoms with E-state index >= 15 is 0 Å². The highest BCUT2D eigenvalue weighted by molar-refractivity contribution is 9.10. The number of hydrogen-bond donors (Lipinski definition) is 2. The molecule has 0 aromatic heterocycles. The molecule has 0 fully saturated rings. The van der Waals surface area contributed by atoms with Crippen LogP contribution in [0.5, 0.6) is 0 Å². The Morgan fingerprint density at radius 2 is 2.05 bits per heavy atom. The molecule has 2 rings (SSSR count). The van der Waals surface area contributed by atoms with Gasteiger partial charge < -0.3 is 11.1 Å². The molecular formula is C14H12BrFN2O. The van der Waals surface area contributed by atoms with Crippen LogP contribution in [0.3, 0.4) is 0 Å². The lowest BCUT2D eigenvalue weighted by atomic mass is 10.1. The third-order valence-electron chi connectivity index (χ3n) is 2.52. The van der Waals surface area contributed by atoms with Crippen molar-refractivity contribution in [1.82, 2.24) is 0 Å². The number of carbonyl (C=O) groups is 1. The van der Waals surface area contributed by atoms with E-state index in [0.29, 0.717) is 15.8 Å². The Morgan fingerprint density at radius 3 is 2.79 bits per heavy atom. The Morgan fingerprint density at radius 1 is 1.26 bits per heavy atom. The van der Waals surface area contributed by atoms with Gasteiger partial charge in [-0.3, -0.25) is 4.79 Å². The molecule has 3 nitrogen and oxygen atoms in total. The van der Waals surface area contributed by atoms with Crippen molar-refractivity contribution >= 4 is 33.2 Å². The number of nitrogen functional groups attached to an aromatic ring is 1. The summed E-state index contributed by atoms with van der Waals surface area (Å²) in [6.07, 6.45) is 0.188. The summed E-state index contributed by atoms with van der Waals surface area (Å²) >= 11 is 3.25. The second-order valence-electron chi connectivity index (χ2n) is 4.09. The lowest BCUT2D eigenvalue weighted by molar-refractivity contribution is -0.115. The third kappa shape index (κ3) is 3.79. The van der Waals surface area contributed by atoms with E-state index in [4.69, 9.17) is 5.73 Å². The normalized spacial score (nSPS) is 10.2. The minimum Gasteiger partial charge on any atom is -0.399 e. The quantitative estimate of drug-likeness (QED) is 0.851. The van der Waals surface area contributed by atoms with Crippen LogP contribution in [0, 0.1) is 5.82 Å². The van der Waals surface area contributed by atoms with Crippen LogP contribution < -0.4 is 11.1 Å². The average Bonchev–Trinajstić information content (AvgIpc) is 2.34. The van der Waals surface area contributed by atoms with E-state index in [2.05, 4.69) is 21.2 Å². The SMILES string of the molecule is Nc1cccc(CC(=O)Nc2cc(F)ccc2Br)c1. The molecule has 0 saturated heterocycles. The number of anilines is 2. The molecule has 0 atom stereocenters. The van der Waals surface area contributed by atoms with Crippen molar-refractivity contribution in [3.8, 4) is 0 Å². The van der Waals surface area contributed by atoms with Gasteiger partial charge in [-0.05, 0) is 51.8 Å². The van der Waals surface area contributed by atoms with Crippen molar-refractivity contribution in [2.45, 2.75) is 6.42 Å². The molecule has 1 amide bonds. The molecule has 98 valence electrons. The Hall–Kier alpha value is -1.88. The van der Waals surface area contributed by atoms with E-state index in [0.717, 1.165) is 5.56 Å². The number of hydrogen-bond acceptors (Lipinski definition) is 2. The van der Waals surface area contributed by atoms with Crippen LogP contribution in [0.2, 0.25) is 0 Å². The van der Waals surface area contributed by atoms with Crippen LogP contribution >= 0.6 is 15.9 Å². The lowest BCUT2D eigenvalue weighted by Crippen LogP contribution is -2.15. The van der Waals surface area contributed by atoms with Gasteiger partial charge in [-0.25, -0.2) is 4.39 Å². The van der Waals surface area contributed by atoms with Crippen molar-refractivity contribution in [2.75, 3.05) is 11.1 Å². The summed E-state index contributed by atoms with van der Waals surface area (Å²) in [5, 5.41) is 2.65. The summed E-state index contributed by atoms with van der Waals surface area (Å²) in [6.45, 7) is 0. The predicted molar refractivity (Wildman–Crippen MR) is 77.3 cm³/mol. The molecule has 0 spiro atoms. The van der Waals surface area contributed by atoms with E-state index in [1.165, 1.54) is 12.1 Å². The topological polar surface area (TPSA) is 55.1 Å². The highest BCUT2D eigenvalue weighted by Gasteiger charge is 2.08. The number of rotatable bonds is 3. The van der Waals surface area contributed by atoms with Gasteiger partial charge in [0.25, 0.3) is 0 Å². The van der Waals surface area contributed by atoms with E-state index in [9.17, 15) is 9.18 Å². The molecular weight excluding hydrogens is 311 g/mol. The molecule has 0 aliphatic heterocycles. The van der Waals surface area contributed by atoms with E-state index in [1.54, 1.807) is 24.3 Å². The summed E-state index contributed by atoms with van der Waals surface area (Å²) < 4.78 is 13.7. The fraction of sp³-hybridized carbons (Fsp3) is 0.0714. The largest absolute Gasteiger partial charge is 0.399 e. The van der Waals surface area contributed by atoms with Gasteiger partial charge in [0.15, 0.2) is 0 Å². The molecule has 19 heavy (non-hydrogen) atoms. The first-order chi connectivity index (χ1) is 9.04. The standard InChI is InChI=1S/C14H12BrFN2O/c15-12-5-4-10(16)8-13(12)18-14(19)7-9-2-1-3-11(17)6-9/h1-6,8H,7,17H2,(H,18,19). The van der Waals surface area contributed by atoms with E-state index < -0.39 is 5.82 Å².